The number of rotatable bonds is 1. The lowest BCUT2D eigenvalue weighted by Crippen LogP contribution is -2.44. The van der Waals surface area contributed by atoms with Gasteiger partial charge in [0.2, 0.25) is 0 Å². The fourth-order valence-corrected chi connectivity index (χ4v) is 3.36. The van der Waals surface area contributed by atoms with Crippen LogP contribution in [-0.4, -0.2) is 47.5 Å². The van der Waals surface area contributed by atoms with Crippen LogP contribution in [0.2, 0.25) is 0 Å². The Kier molecular flexibility index (Phi) is 3.12. The van der Waals surface area contributed by atoms with Gasteiger partial charge in [-0.1, -0.05) is 6.07 Å². The molecule has 0 aliphatic carbocycles. The Balaban J connectivity index is 1.92. The molecule has 108 valence electrons. The van der Waals surface area contributed by atoms with Gasteiger partial charge in [0.25, 0.3) is 0 Å². The van der Waals surface area contributed by atoms with Crippen molar-refractivity contribution in [2.75, 3.05) is 38.1 Å². The van der Waals surface area contributed by atoms with Gasteiger partial charge in [0, 0.05) is 36.8 Å². The Hall–Kier alpha value is -1.59. The summed E-state index contributed by atoms with van der Waals surface area (Å²) < 4.78 is 3.26. The molecule has 4 nitrogen and oxygen atoms in total. The number of nitrogens with zero attached hydrogens (tertiary/aromatic N) is 4. The van der Waals surface area contributed by atoms with Gasteiger partial charge in [-0.15, -0.1) is 0 Å². The highest BCUT2D eigenvalue weighted by molar-refractivity contribution is 9.10. The first-order valence-corrected chi connectivity index (χ1v) is 8.01. The van der Waals surface area contributed by atoms with E-state index in [-0.39, 0.29) is 0 Å². The quantitative estimate of drug-likeness (QED) is 0.678. The summed E-state index contributed by atoms with van der Waals surface area (Å²) in [5.74, 6) is 0. The smallest absolute Gasteiger partial charge is 0.138 e. The molecule has 0 bridgehead atoms. The highest BCUT2D eigenvalue weighted by atomic mass is 79.9. The van der Waals surface area contributed by atoms with Crippen molar-refractivity contribution in [3.8, 4) is 0 Å². The first kappa shape index (κ1) is 13.1. The number of anilines is 1. The number of imidazole rings is 1. The lowest BCUT2D eigenvalue weighted by atomic mass is 10.2. The zero-order chi connectivity index (χ0) is 14.4. The minimum atomic E-state index is 0.995. The normalized spacial score (nSPS) is 17.0. The standard InChI is InChI=1S/C16H17BrN4/c1-19-7-9-20(10-8-19)14-4-2-3-13-16(14)21-11-12(17)5-6-15(21)18-13/h2-6,11H,7-10H2,1H3. The van der Waals surface area contributed by atoms with Crippen LogP contribution in [-0.2, 0) is 0 Å². The van der Waals surface area contributed by atoms with Crippen LogP contribution in [0, 0.1) is 0 Å². The number of hydrogen-bond donors (Lipinski definition) is 0. The van der Waals surface area contributed by atoms with E-state index in [1.807, 2.05) is 6.07 Å². The molecular weight excluding hydrogens is 328 g/mol. The predicted molar refractivity (Wildman–Crippen MR) is 90.1 cm³/mol. The van der Waals surface area contributed by atoms with Gasteiger partial charge in [-0.05, 0) is 47.2 Å². The number of fused-ring (bicyclic) bond motifs is 3. The number of hydrogen-bond acceptors (Lipinski definition) is 3. The molecule has 0 saturated carbocycles. The Morgan fingerprint density at radius 2 is 1.86 bits per heavy atom. The number of para-hydroxylation sites is 1. The van der Waals surface area contributed by atoms with Crippen LogP contribution < -0.4 is 4.90 Å². The van der Waals surface area contributed by atoms with Gasteiger partial charge in [-0.2, -0.15) is 0 Å². The fraction of sp³-hybridized carbons (Fsp3) is 0.312. The maximum absolute atomic E-state index is 4.73. The number of pyridine rings is 1. The van der Waals surface area contributed by atoms with Crippen molar-refractivity contribution in [3.05, 3.63) is 41.0 Å². The second-order valence-corrected chi connectivity index (χ2v) is 6.54. The van der Waals surface area contributed by atoms with Gasteiger partial charge < -0.3 is 9.80 Å². The summed E-state index contributed by atoms with van der Waals surface area (Å²) in [6.07, 6.45) is 2.10. The molecule has 0 spiro atoms. The Morgan fingerprint density at radius 1 is 1.05 bits per heavy atom. The van der Waals surface area contributed by atoms with Crippen LogP contribution in [0.15, 0.2) is 41.0 Å². The fourth-order valence-electron chi connectivity index (χ4n) is 3.02. The van der Waals surface area contributed by atoms with E-state index in [0.29, 0.717) is 0 Å². The minimum absolute atomic E-state index is 0.995. The van der Waals surface area contributed by atoms with Crippen molar-refractivity contribution in [1.82, 2.24) is 14.3 Å². The van der Waals surface area contributed by atoms with Crippen LogP contribution in [0.25, 0.3) is 16.7 Å². The summed E-state index contributed by atoms with van der Waals surface area (Å²) in [6.45, 7) is 4.35. The minimum Gasteiger partial charge on any atom is -0.367 e. The predicted octanol–water partition coefficient (Wildman–Crippen LogP) is 3.00. The molecule has 0 radical (unpaired) electrons. The molecule has 1 aromatic carbocycles. The van der Waals surface area contributed by atoms with Gasteiger partial charge >= 0.3 is 0 Å². The van der Waals surface area contributed by atoms with Crippen LogP contribution >= 0.6 is 15.9 Å². The number of benzene rings is 1. The molecule has 1 aliphatic rings. The largest absolute Gasteiger partial charge is 0.367 e. The van der Waals surface area contributed by atoms with Crippen molar-refractivity contribution < 1.29 is 0 Å². The highest BCUT2D eigenvalue weighted by Gasteiger charge is 2.18. The zero-order valence-electron chi connectivity index (χ0n) is 12.0. The van der Waals surface area contributed by atoms with E-state index < -0.39 is 0 Å². The van der Waals surface area contributed by atoms with Crippen molar-refractivity contribution in [3.63, 3.8) is 0 Å². The Labute approximate surface area is 132 Å². The molecule has 3 aromatic rings. The first-order chi connectivity index (χ1) is 10.2. The van der Waals surface area contributed by atoms with Gasteiger partial charge in [-0.25, -0.2) is 4.98 Å². The second kappa shape index (κ2) is 5.00. The summed E-state index contributed by atoms with van der Waals surface area (Å²) in [6, 6.07) is 10.5. The molecule has 1 fully saturated rings. The van der Waals surface area contributed by atoms with E-state index in [9.17, 15) is 0 Å². The molecule has 0 N–H and O–H groups in total. The molecule has 0 unspecified atom stereocenters. The first-order valence-electron chi connectivity index (χ1n) is 7.22. The van der Waals surface area contributed by atoms with Crippen molar-refractivity contribution in [1.29, 1.82) is 0 Å². The van der Waals surface area contributed by atoms with Crippen LogP contribution in [0.4, 0.5) is 5.69 Å². The summed E-state index contributed by atoms with van der Waals surface area (Å²) in [5.41, 5.74) is 4.55. The van der Waals surface area contributed by atoms with Crippen molar-refractivity contribution in [2.24, 2.45) is 0 Å². The molecule has 4 rings (SSSR count). The van der Waals surface area contributed by atoms with E-state index >= 15 is 0 Å². The van der Waals surface area contributed by atoms with Gasteiger partial charge in [0.15, 0.2) is 0 Å². The summed E-state index contributed by atoms with van der Waals surface area (Å²) in [5, 5.41) is 0. The van der Waals surface area contributed by atoms with Crippen LogP contribution in [0.5, 0.6) is 0 Å². The number of likely N-dealkylation sites (N-methyl/N-ethyl adjacent to an activating group) is 1. The third kappa shape index (κ3) is 2.21. The molecule has 1 aliphatic heterocycles. The zero-order valence-corrected chi connectivity index (χ0v) is 13.5. The van der Waals surface area contributed by atoms with Crippen LogP contribution in [0.3, 0.4) is 0 Å². The van der Waals surface area contributed by atoms with Gasteiger partial charge in [0.1, 0.15) is 5.65 Å². The SMILES string of the molecule is CN1CCN(c2cccc3nc4ccc(Br)cn4c23)CC1. The lowest BCUT2D eigenvalue weighted by molar-refractivity contribution is 0.313. The van der Waals surface area contributed by atoms with E-state index in [0.717, 1.165) is 41.8 Å². The highest BCUT2D eigenvalue weighted by Crippen LogP contribution is 2.29. The Bertz CT molecular complexity index is 802. The summed E-state index contributed by atoms with van der Waals surface area (Å²) >= 11 is 3.56. The van der Waals surface area contributed by atoms with Crippen molar-refractivity contribution >= 4 is 38.3 Å². The molecule has 2 aromatic heterocycles. The number of halogens is 1. The van der Waals surface area contributed by atoms with E-state index in [1.54, 1.807) is 0 Å². The van der Waals surface area contributed by atoms with Gasteiger partial charge in [-0.3, -0.25) is 4.40 Å². The number of aromatic nitrogens is 2. The average molecular weight is 345 g/mol. The topological polar surface area (TPSA) is 23.8 Å². The maximum Gasteiger partial charge on any atom is 0.138 e. The molecule has 21 heavy (non-hydrogen) atoms. The molecule has 3 heterocycles. The summed E-state index contributed by atoms with van der Waals surface area (Å²) in [4.78, 5) is 9.58. The third-order valence-electron chi connectivity index (χ3n) is 4.20. The molecule has 5 heteroatoms. The number of piperazine rings is 1. The van der Waals surface area contributed by atoms with E-state index in [4.69, 9.17) is 4.98 Å². The lowest BCUT2D eigenvalue weighted by Gasteiger charge is -2.34. The molecule has 0 atom stereocenters. The maximum atomic E-state index is 4.73. The van der Waals surface area contributed by atoms with E-state index in [2.05, 4.69) is 67.6 Å². The Morgan fingerprint density at radius 3 is 2.67 bits per heavy atom. The third-order valence-corrected chi connectivity index (χ3v) is 4.67. The van der Waals surface area contributed by atoms with Crippen molar-refractivity contribution in [2.45, 2.75) is 0 Å². The van der Waals surface area contributed by atoms with Crippen LogP contribution in [0.1, 0.15) is 0 Å². The second-order valence-electron chi connectivity index (χ2n) is 5.62. The van der Waals surface area contributed by atoms with Gasteiger partial charge in [0.05, 0.1) is 16.7 Å². The molecular formula is C16H17BrN4. The summed E-state index contributed by atoms with van der Waals surface area (Å²) in [7, 11) is 2.18. The average Bonchev–Trinajstić information content (AvgIpc) is 2.86. The monoisotopic (exact) mass is 344 g/mol. The van der Waals surface area contributed by atoms with E-state index in [1.165, 1.54) is 11.2 Å². The molecule has 1 saturated heterocycles. The molecule has 0 amide bonds.